The topological polar surface area (TPSA) is 116 Å². The molecule has 11 heteroatoms. The Morgan fingerprint density at radius 2 is 1.93 bits per heavy atom. The molecule has 1 aromatic heterocycles. The number of nitro groups is 1. The van der Waals surface area contributed by atoms with Crippen LogP contribution in [0.25, 0.3) is 0 Å². The Kier molecular flexibility index (Phi) is 4.81. The lowest BCUT2D eigenvalue weighted by Gasteiger charge is -2.32. The van der Waals surface area contributed by atoms with Crippen molar-refractivity contribution in [3.63, 3.8) is 0 Å². The van der Waals surface area contributed by atoms with Crippen molar-refractivity contribution in [2.75, 3.05) is 44.7 Å². The highest BCUT2D eigenvalue weighted by molar-refractivity contribution is 7.89. The zero-order valence-corrected chi connectivity index (χ0v) is 16.4. The maximum absolute atomic E-state index is 12.9. The highest BCUT2D eigenvalue weighted by atomic mass is 32.2. The van der Waals surface area contributed by atoms with Crippen molar-refractivity contribution < 1.29 is 13.3 Å². The first-order valence-electron chi connectivity index (χ1n) is 9.09. The van der Waals surface area contributed by atoms with Crippen LogP contribution in [0.2, 0.25) is 0 Å². The fourth-order valence-electron chi connectivity index (χ4n) is 3.68. The summed E-state index contributed by atoms with van der Waals surface area (Å²) in [5.41, 5.74) is 2.26. The molecule has 0 saturated carbocycles. The summed E-state index contributed by atoms with van der Waals surface area (Å²) in [6.07, 6.45) is 2.42. The normalized spacial score (nSPS) is 18.8. The van der Waals surface area contributed by atoms with E-state index < -0.39 is 14.9 Å². The predicted octanol–water partition coefficient (Wildman–Crippen LogP) is 0.817. The number of aromatic amines is 1. The van der Waals surface area contributed by atoms with Crippen molar-refractivity contribution in [1.29, 1.82) is 0 Å². The van der Waals surface area contributed by atoms with Gasteiger partial charge in [-0.1, -0.05) is 0 Å². The third kappa shape index (κ3) is 3.36. The van der Waals surface area contributed by atoms with Gasteiger partial charge in [0, 0.05) is 63.0 Å². The standard InChI is InChI=1S/C17H22N6O4S/c1-20-6-8-22(9-7-20)28(26,27)14-2-3-16(17(10-14)23(24)25)21-5-4-15-13(12-21)11-18-19-15/h2-3,10-11H,4-9,12H2,1H3,(H,18,19). The van der Waals surface area contributed by atoms with E-state index in [-0.39, 0.29) is 10.6 Å². The van der Waals surface area contributed by atoms with Gasteiger partial charge in [-0.25, -0.2) is 8.42 Å². The SMILES string of the molecule is CN1CCN(S(=O)(=O)c2ccc(N3CCc4[nH]ncc4C3)c([N+](=O)[O-])c2)CC1. The summed E-state index contributed by atoms with van der Waals surface area (Å²) in [5.74, 6) is 0. The van der Waals surface area contributed by atoms with Crippen molar-refractivity contribution in [2.24, 2.45) is 0 Å². The number of aromatic nitrogens is 2. The molecule has 1 N–H and O–H groups in total. The zero-order chi connectivity index (χ0) is 19.9. The molecule has 0 radical (unpaired) electrons. The van der Waals surface area contributed by atoms with Gasteiger partial charge in [-0.3, -0.25) is 15.2 Å². The number of nitrogens with one attached hydrogen (secondary N) is 1. The number of hydrogen-bond acceptors (Lipinski definition) is 7. The van der Waals surface area contributed by atoms with Gasteiger partial charge in [0.05, 0.1) is 16.0 Å². The van der Waals surface area contributed by atoms with Gasteiger partial charge in [0.25, 0.3) is 5.69 Å². The molecule has 0 amide bonds. The van der Waals surface area contributed by atoms with Gasteiger partial charge in [-0.05, 0) is 19.2 Å². The van der Waals surface area contributed by atoms with E-state index in [1.807, 2.05) is 11.9 Å². The molecule has 10 nitrogen and oxygen atoms in total. The molecule has 0 aliphatic carbocycles. The van der Waals surface area contributed by atoms with Gasteiger partial charge >= 0.3 is 0 Å². The number of anilines is 1. The number of likely N-dealkylation sites (N-methyl/N-ethyl adjacent to an activating group) is 1. The van der Waals surface area contributed by atoms with Crippen LogP contribution in [-0.4, -0.2) is 72.5 Å². The molecule has 0 atom stereocenters. The van der Waals surface area contributed by atoms with Crippen molar-refractivity contribution in [1.82, 2.24) is 19.4 Å². The molecule has 1 saturated heterocycles. The molecule has 1 aromatic carbocycles. The van der Waals surface area contributed by atoms with Crippen LogP contribution in [0.1, 0.15) is 11.3 Å². The summed E-state index contributed by atoms with van der Waals surface area (Å²) in [6.45, 7) is 3.13. The van der Waals surface area contributed by atoms with Crippen LogP contribution < -0.4 is 4.90 Å². The van der Waals surface area contributed by atoms with E-state index in [1.165, 1.54) is 16.4 Å². The van der Waals surface area contributed by atoms with Gasteiger partial charge in [-0.2, -0.15) is 9.40 Å². The Hall–Kier alpha value is -2.50. The highest BCUT2D eigenvalue weighted by Crippen LogP contribution is 2.34. The minimum absolute atomic E-state index is 0.0338. The number of H-pyrrole nitrogens is 1. The van der Waals surface area contributed by atoms with Crippen LogP contribution in [0.3, 0.4) is 0 Å². The van der Waals surface area contributed by atoms with Crippen molar-refractivity contribution in [3.05, 3.63) is 45.8 Å². The maximum Gasteiger partial charge on any atom is 0.293 e. The van der Waals surface area contributed by atoms with E-state index in [0.29, 0.717) is 51.4 Å². The monoisotopic (exact) mass is 406 g/mol. The van der Waals surface area contributed by atoms with Gasteiger partial charge in [0.2, 0.25) is 10.0 Å². The van der Waals surface area contributed by atoms with Gasteiger partial charge < -0.3 is 9.80 Å². The summed E-state index contributed by atoms with van der Waals surface area (Å²) in [4.78, 5) is 15.1. The van der Waals surface area contributed by atoms with Crippen LogP contribution in [0.4, 0.5) is 11.4 Å². The summed E-state index contributed by atoms with van der Waals surface area (Å²) >= 11 is 0. The third-order valence-corrected chi connectivity index (χ3v) is 7.28. The summed E-state index contributed by atoms with van der Waals surface area (Å²) < 4.78 is 27.3. The van der Waals surface area contributed by atoms with Crippen LogP contribution in [0.15, 0.2) is 29.3 Å². The minimum atomic E-state index is -3.76. The van der Waals surface area contributed by atoms with Crippen LogP contribution in [-0.2, 0) is 23.0 Å². The fraction of sp³-hybridized carbons (Fsp3) is 0.471. The Balaban J connectivity index is 1.65. The van der Waals surface area contributed by atoms with Crippen LogP contribution in [0, 0.1) is 10.1 Å². The largest absolute Gasteiger partial charge is 0.361 e. The molecule has 2 aliphatic heterocycles. The van der Waals surface area contributed by atoms with Gasteiger partial charge in [0.1, 0.15) is 5.69 Å². The molecule has 3 heterocycles. The summed E-state index contributed by atoms with van der Waals surface area (Å²) in [5, 5.41) is 18.7. The van der Waals surface area contributed by atoms with Crippen LogP contribution >= 0.6 is 0 Å². The Morgan fingerprint density at radius 3 is 2.64 bits per heavy atom. The van der Waals surface area contributed by atoms with Crippen molar-refractivity contribution >= 4 is 21.4 Å². The molecular weight excluding hydrogens is 384 g/mol. The van der Waals surface area contributed by atoms with E-state index in [9.17, 15) is 18.5 Å². The minimum Gasteiger partial charge on any atom is -0.361 e. The predicted molar refractivity (Wildman–Crippen MR) is 103 cm³/mol. The number of benzene rings is 1. The molecular formula is C17H22N6O4S. The number of fused-ring (bicyclic) bond motifs is 1. The van der Waals surface area contributed by atoms with E-state index in [4.69, 9.17) is 0 Å². The fourth-order valence-corrected chi connectivity index (χ4v) is 5.13. The number of rotatable bonds is 4. The number of hydrogen-bond donors (Lipinski definition) is 1. The number of sulfonamides is 1. The Bertz CT molecular complexity index is 997. The molecule has 0 unspecified atom stereocenters. The van der Waals surface area contributed by atoms with E-state index in [1.54, 1.807) is 12.3 Å². The second-order valence-corrected chi connectivity index (χ2v) is 9.10. The second kappa shape index (κ2) is 7.15. The molecule has 28 heavy (non-hydrogen) atoms. The lowest BCUT2D eigenvalue weighted by atomic mass is 10.1. The molecule has 1 fully saturated rings. The average Bonchev–Trinajstić information content (AvgIpc) is 3.15. The maximum atomic E-state index is 12.9. The Labute approximate surface area is 162 Å². The summed E-state index contributed by atoms with van der Waals surface area (Å²) in [7, 11) is -1.82. The first kappa shape index (κ1) is 18.8. The zero-order valence-electron chi connectivity index (χ0n) is 15.5. The number of nitrogens with zero attached hydrogens (tertiary/aromatic N) is 5. The smallest absolute Gasteiger partial charge is 0.293 e. The first-order chi connectivity index (χ1) is 13.4. The average molecular weight is 406 g/mol. The van der Waals surface area contributed by atoms with Gasteiger partial charge in [0.15, 0.2) is 0 Å². The molecule has 150 valence electrons. The molecule has 0 bridgehead atoms. The Morgan fingerprint density at radius 1 is 1.18 bits per heavy atom. The van der Waals surface area contributed by atoms with Gasteiger partial charge in [-0.15, -0.1) is 0 Å². The molecule has 2 aliphatic rings. The second-order valence-electron chi connectivity index (χ2n) is 7.16. The van der Waals surface area contributed by atoms with E-state index in [0.717, 1.165) is 11.3 Å². The van der Waals surface area contributed by atoms with Crippen LogP contribution in [0.5, 0.6) is 0 Å². The highest BCUT2D eigenvalue weighted by Gasteiger charge is 2.31. The van der Waals surface area contributed by atoms with E-state index in [2.05, 4.69) is 15.1 Å². The van der Waals surface area contributed by atoms with Crippen molar-refractivity contribution in [2.45, 2.75) is 17.9 Å². The van der Waals surface area contributed by atoms with E-state index >= 15 is 0 Å². The lowest BCUT2D eigenvalue weighted by Crippen LogP contribution is -2.47. The van der Waals surface area contributed by atoms with Crippen molar-refractivity contribution in [3.8, 4) is 0 Å². The quantitative estimate of drug-likeness (QED) is 0.590. The molecule has 2 aromatic rings. The molecule has 4 rings (SSSR count). The lowest BCUT2D eigenvalue weighted by molar-refractivity contribution is -0.384. The number of nitro benzene ring substituents is 1. The third-order valence-electron chi connectivity index (χ3n) is 5.38. The number of piperazine rings is 1. The first-order valence-corrected chi connectivity index (χ1v) is 10.5. The summed E-state index contributed by atoms with van der Waals surface area (Å²) in [6, 6.07) is 4.21. The molecule has 0 spiro atoms.